The molecule has 0 spiro atoms. The van der Waals surface area contributed by atoms with Crippen molar-refractivity contribution in [2.45, 2.75) is 27.2 Å². The first-order valence-electron chi connectivity index (χ1n) is 6.65. The summed E-state index contributed by atoms with van der Waals surface area (Å²) in [5.74, 6) is -0.781. The first-order valence-corrected chi connectivity index (χ1v) is 6.65. The van der Waals surface area contributed by atoms with Crippen LogP contribution in [0.15, 0.2) is 0 Å². The average molecular weight is 270 g/mol. The van der Waals surface area contributed by atoms with Crippen LogP contribution in [0, 0.1) is 11.8 Å². The summed E-state index contributed by atoms with van der Waals surface area (Å²) in [6.45, 7) is 6.78. The number of amides is 2. The highest BCUT2D eigenvalue weighted by Crippen LogP contribution is 2.14. The minimum Gasteiger partial charge on any atom is -0.465 e. The van der Waals surface area contributed by atoms with Gasteiger partial charge < -0.3 is 15.0 Å². The zero-order valence-corrected chi connectivity index (χ0v) is 11.8. The number of hydrogen-bond donors (Lipinski definition) is 1. The molecule has 1 rings (SSSR count). The van der Waals surface area contributed by atoms with Gasteiger partial charge in [0.1, 0.15) is 6.54 Å². The van der Waals surface area contributed by atoms with Crippen LogP contribution < -0.4 is 5.32 Å². The first kappa shape index (κ1) is 15.5. The van der Waals surface area contributed by atoms with Gasteiger partial charge in [-0.15, -0.1) is 0 Å². The number of carbonyl (C=O) groups is 3. The zero-order valence-electron chi connectivity index (χ0n) is 11.8. The molecule has 0 aromatic rings. The third-order valence-electron chi connectivity index (χ3n) is 2.85. The SMILES string of the molecule is CCOC(=O)CN(CC(C)C)C(=O)C1CNC(=O)C1. The Labute approximate surface area is 113 Å². The van der Waals surface area contributed by atoms with E-state index in [1.807, 2.05) is 13.8 Å². The summed E-state index contributed by atoms with van der Waals surface area (Å²) >= 11 is 0. The Morgan fingerprint density at radius 2 is 2.16 bits per heavy atom. The summed E-state index contributed by atoms with van der Waals surface area (Å²) in [7, 11) is 0. The smallest absolute Gasteiger partial charge is 0.325 e. The molecule has 1 aliphatic heterocycles. The Balaban J connectivity index is 2.64. The number of rotatable bonds is 6. The Bertz CT molecular complexity index is 355. The van der Waals surface area contributed by atoms with Gasteiger partial charge in [-0.3, -0.25) is 14.4 Å². The summed E-state index contributed by atoms with van der Waals surface area (Å²) in [6.07, 6.45) is 0.205. The molecule has 19 heavy (non-hydrogen) atoms. The molecular formula is C13H22N2O4. The highest BCUT2D eigenvalue weighted by Gasteiger charge is 2.32. The molecule has 6 nitrogen and oxygen atoms in total. The van der Waals surface area contributed by atoms with Gasteiger partial charge in [0.2, 0.25) is 11.8 Å². The lowest BCUT2D eigenvalue weighted by atomic mass is 10.1. The molecule has 1 atom stereocenters. The number of nitrogens with one attached hydrogen (secondary N) is 1. The Hall–Kier alpha value is -1.59. The van der Waals surface area contributed by atoms with Crippen molar-refractivity contribution in [3.8, 4) is 0 Å². The normalized spacial score (nSPS) is 18.3. The Kier molecular flexibility index (Phi) is 5.79. The molecule has 0 bridgehead atoms. The van der Waals surface area contributed by atoms with E-state index in [0.717, 1.165) is 0 Å². The maximum absolute atomic E-state index is 12.3. The van der Waals surface area contributed by atoms with E-state index in [2.05, 4.69) is 5.32 Å². The van der Waals surface area contributed by atoms with Crippen molar-refractivity contribution in [3.05, 3.63) is 0 Å². The van der Waals surface area contributed by atoms with Crippen molar-refractivity contribution < 1.29 is 19.1 Å². The van der Waals surface area contributed by atoms with E-state index in [0.29, 0.717) is 19.7 Å². The molecule has 0 aromatic carbocycles. The van der Waals surface area contributed by atoms with Crippen LogP contribution in [0.5, 0.6) is 0 Å². The third-order valence-corrected chi connectivity index (χ3v) is 2.85. The van der Waals surface area contributed by atoms with E-state index in [1.165, 1.54) is 4.90 Å². The molecule has 0 aromatic heterocycles. The van der Waals surface area contributed by atoms with E-state index in [9.17, 15) is 14.4 Å². The summed E-state index contributed by atoms with van der Waals surface area (Å²) in [5, 5.41) is 2.63. The molecule has 0 saturated carbocycles. The van der Waals surface area contributed by atoms with Crippen molar-refractivity contribution >= 4 is 17.8 Å². The predicted octanol–water partition coefficient (Wildman–Crippen LogP) is 0.170. The highest BCUT2D eigenvalue weighted by molar-refractivity contribution is 5.90. The topological polar surface area (TPSA) is 75.7 Å². The van der Waals surface area contributed by atoms with Gasteiger partial charge in [0.05, 0.1) is 12.5 Å². The fraction of sp³-hybridized carbons (Fsp3) is 0.769. The van der Waals surface area contributed by atoms with E-state index in [1.54, 1.807) is 6.92 Å². The summed E-state index contributed by atoms with van der Waals surface area (Å²) in [6, 6.07) is 0. The van der Waals surface area contributed by atoms with Crippen molar-refractivity contribution in [2.75, 3.05) is 26.2 Å². The third kappa shape index (κ3) is 4.89. The fourth-order valence-corrected chi connectivity index (χ4v) is 2.07. The maximum atomic E-state index is 12.3. The van der Waals surface area contributed by atoms with Crippen molar-refractivity contribution in [1.29, 1.82) is 0 Å². The largest absolute Gasteiger partial charge is 0.465 e. The van der Waals surface area contributed by atoms with E-state index >= 15 is 0 Å². The van der Waals surface area contributed by atoms with Gasteiger partial charge in [0.15, 0.2) is 0 Å². The second kappa shape index (κ2) is 7.11. The second-order valence-electron chi connectivity index (χ2n) is 5.12. The van der Waals surface area contributed by atoms with E-state index in [4.69, 9.17) is 4.74 Å². The molecule has 1 saturated heterocycles. The highest BCUT2D eigenvalue weighted by atomic mass is 16.5. The molecule has 1 unspecified atom stereocenters. The number of ether oxygens (including phenoxy) is 1. The minimum atomic E-state index is -0.409. The molecule has 0 radical (unpaired) electrons. The lowest BCUT2D eigenvalue weighted by Crippen LogP contribution is -2.42. The predicted molar refractivity (Wildman–Crippen MR) is 69.2 cm³/mol. The monoisotopic (exact) mass is 270 g/mol. The number of carbonyl (C=O) groups excluding carboxylic acids is 3. The molecule has 1 aliphatic rings. The van der Waals surface area contributed by atoms with Gasteiger partial charge in [-0.05, 0) is 12.8 Å². The average Bonchev–Trinajstić information content (AvgIpc) is 2.73. The van der Waals surface area contributed by atoms with Crippen LogP contribution in [0.2, 0.25) is 0 Å². The molecule has 2 amide bonds. The van der Waals surface area contributed by atoms with Crippen LogP contribution >= 0.6 is 0 Å². The Morgan fingerprint density at radius 1 is 1.47 bits per heavy atom. The fourth-order valence-electron chi connectivity index (χ4n) is 2.07. The number of esters is 1. The molecule has 1 N–H and O–H groups in total. The minimum absolute atomic E-state index is 0.0461. The first-order chi connectivity index (χ1) is 8.93. The number of nitrogens with zero attached hydrogens (tertiary/aromatic N) is 1. The van der Waals surface area contributed by atoms with Gasteiger partial charge in [0, 0.05) is 19.5 Å². The summed E-state index contributed by atoms with van der Waals surface area (Å²) in [4.78, 5) is 36.5. The number of hydrogen-bond acceptors (Lipinski definition) is 4. The molecule has 6 heteroatoms. The van der Waals surface area contributed by atoms with Gasteiger partial charge in [0.25, 0.3) is 0 Å². The quantitative estimate of drug-likeness (QED) is 0.698. The van der Waals surface area contributed by atoms with Crippen molar-refractivity contribution in [1.82, 2.24) is 10.2 Å². The lowest BCUT2D eigenvalue weighted by Gasteiger charge is -2.25. The van der Waals surface area contributed by atoms with E-state index in [-0.39, 0.29) is 36.6 Å². The molecular weight excluding hydrogens is 248 g/mol. The van der Waals surface area contributed by atoms with Crippen LogP contribution in [0.3, 0.4) is 0 Å². The summed E-state index contributed by atoms with van der Waals surface area (Å²) < 4.78 is 4.87. The maximum Gasteiger partial charge on any atom is 0.325 e. The summed E-state index contributed by atoms with van der Waals surface area (Å²) in [5.41, 5.74) is 0. The van der Waals surface area contributed by atoms with Crippen LogP contribution in [0.4, 0.5) is 0 Å². The standard InChI is InChI=1S/C13H22N2O4/c1-4-19-12(17)8-15(7-9(2)3)13(18)10-5-11(16)14-6-10/h9-10H,4-8H2,1-3H3,(H,14,16). The lowest BCUT2D eigenvalue weighted by molar-refractivity contribution is -0.150. The molecule has 1 fully saturated rings. The molecule has 108 valence electrons. The van der Waals surface area contributed by atoms with Gasteiger partial charge >= 0.3 is 5.97 Å². The van der Waals surface area contributed by atoms with Gasteiger partial charge in [-0.1, -0.05) is 13.8 Å². The van der Waals surface area contributed by atoms with Crippen LogP contribution in [0.1, 0.15) is 27.2 Å². The molecule has 0 aliphatic carbocycles. The van der Waals surface area contributed by atoms with Crippen molar-refractivity contribution in [2.24, 2.45) is 11.8 Å². The zero-order chi connectivity index (χ0) is 14.4. The van der Waals surface area contributed by atoms with Gasteiger partial charge in [-0.25, -0.2) is 0 Å². The Morgan fingerprint density at radius 3 is 2.63 bits per heavy atom. The van der Waals surface area contributed by atoms with Crippen molar-refractivity contribution in [3.63, 3.8) is 0 Å². The molecule has 1 heterocycles. The van der Waals surface area contributed by atoms with Crippen LogP contribution in [0.25, 0.3) is 0 Å². The van der Waals surface area contributed by atoms with Gasteiger partial charge in [-0.2, -0.15) is 0 Å². The van der Waals surface area contributed by atoms with Crippen LogP contribution in [-0.2, 0) is 19.1 Å². The van der Waals surface area contributed by atoms with E-state index < -0.39 is 5.97 Å². The second-order valence-corrected chi connectivity index (χ2v) is 5.12. The van der Waals surface area contributed by atoms with Crippen LogP contribution in [-0.4, -0.2) is 48.9 Å².